The molecule has 25 heavy (non-hydrogen) atoms. The average Bonchev–Trinajstić information content (AvgIpc) is 2.84. The number of rotatable bonds is 4. The third-order valence-corrected chi connectivity index (χ3v) is 5.25. The van der Waals surface area contributed by atoms with Crippen molar-refractivity contribution in [3.05, 3.63) is 29.8 Å². The zero-order valence-electron chi connectivity index (χ0n) is 14.7. The summed E-state index contributed by atoms with van der Waals surface area (Å²) in [6.07, 6.45) is 2.73. The molecule has 0 bridgehead atoms. The summed E-state index contributed by atoms with van der Waals surface area (Å²) < 4.78 is 23.0. The Bertz CT molecular complexity index is 716. The number of carbonyl (C=O) groups is 2. The lowest BCUT2D eigenvalue weighted by atomic mass is 10.2. The van der Waals surface area contributed by atoms with Gasteiger partial charge in [-0.05, 0) is 37.1 Å². The van der Waals surface area contributed by atoms with Gasteiger partial charge >= 0.3 is 6.03 Å². The average molecular weight is 367 g/mol. The van der Waals surface area contributed by atoms with Crippen molar-refractivity contribution in [2.45, 2.75) is 24.7 Å². The van der Waals surface area contributed by atoms with Crippen LogP contribution >= 0.6 is 0 Å². The van der Waals surface area contributed by atoms with Crippen LogP contribution in [0.4, 0.5) is 4.79 Å². The first-order valence-electron chi connectivity index (χ1n) is 8.45. The Kier molecular flexibility index (Phi) is 6.41. The number of amides is 3. The van der Waals surface area contributed by atoms with E-state index in [1.165, 1.54) is 24.3 Å². The van der Waals surface area contributed by atoms with Crippen molar-refractivity contribution < 1.29 is 18.0 Å². The molecule has 1 aromatic carbocycles. The van der Waals surface area contributed by atoms with E-state index in [1.807, 2.05) is 6.92 Å². The Hall–Kier alpha value is -2.09. The van der Waals surface area contributed by atoms with Crippen molar-refractivity contribution in [2.75, 3.05) is 39.0 Å². The lowest BCUT2D eigenvalue weighted by Crippen LogP contribution is -2.42. The van der Waals surface area contributed by atoms with Gasteiger partial charge in [-0.3, -0.25) is 4.79 Å². The van der Waals surface area contributed by atoms with Crippen molar-refractivity contribution in [3.8, 4) is 0 Å². The maximum atomic E-state index is 12.6. The molecule has 1 aliphatic heterocycles. The van der Waals surface area contributed by atoms with E-state index in [0.29, 0.717) is 44.7 Å². The molecule has 0 atom stereocenters. The van der Waals surface area contributed by atoms with Crippen LogP contribution in [-0.2, 0) is 9.84 Å². The number of nitrogens with one attached hydrogen (secondary N) is 1. The minimum absolute atomic E-state index is 0.0892. The van der Waals surface area contributed by atoms with Crippen LogP contribution in [0.5, 0.6) is 0 Å². The van der Waals surface area contributed by atoms with E-state index in [1.54, 1.807) is 9.80 Å². The monoisotopic (exact) mass is 367 g/mol. The normalized spacial score (nSPS) is 15.6. The number of hydrogen-bond donors (Lipinski definition) is 1. The molecular formula is C17H25N3O4S. The van der Waals surface area contributed by atoms with Gasteiger partial charge in [0, 0.05) is 44.5 Å². The van der Waals surface area contributed by atoms with E-state index in [4.69, 9.17) is 0 Å². The molecule has 1 aromatic rings. The second kappa shape index (κ2) is 8.33. The smallest absolute Gasteiger partial charge is 0.317 e. The van der Waals surface area contributed by atoms with Crippen LogP contribution in [0.25, 0.3) is 0 Å². The van der Waals surface area contributed by atoms with Crippen LogP contribution in [0.1, 0.15) is 30.1 Å². The maximum absolute atomic E-state index is 12.6. The highest BCUT2D eigenvalue weighted by atomic mass is 32.2. The summed E-state index contributed by atoms with van der Waals surface area (Å²) in [6, 6.07) is 5.88. The van der Waals surface area contributed by atoms with Gasteiger partial charge in [0.25, 0.3) is 5.91 Å². The Morgan fingerprint density at radius 1 is 1.04 bits per heavy atom. The molecule has 2 rings (SSSR count). The molecule has 8 heteroatoms. The highest BCUT2D eigenvalue weighted by Crippen LogP contribution is 2.13. The third kappa shape index (κ3) is 5.19. The first-order chi connectivity index (χ1) is 11.8. The molecule has 1 N–H and O–H groups in total. The number of carbonyl (C=O) groups excluding carboxylic acids is 2. The van der Waals surface area contributed by atoms with Gasteiger partial charge in [-0.25, -0.2) is 13.2 Å². The predicted molar refractivity (Wildman–Crippen MR) is 95.3 cm³/mol. The van der Waals surface area contributed by atoms with Crippen molar-refractivity contribution >= 4 is 21.8 Å². The fraction of sp³-hybridized carbons (Fsp3) is 0.529. The Balaban J connectivity index is 2.00. The summed E-state index contributed by atoms with van der Waals surface area (Å²) in [7, 11) is -3.28. The molecule has 1 aliphatic rings. The fourth-order valence-electron chi connectivity index (χ4n) is 2.69. The Labute approximate surface area is 148 Å². The van der Waals surface area contributed by atoms with Gasteiger partial charge in [0.15, 0.2) is 9.84 Å². The van der Waals surface area contributed by atoms with E-state index in [-0.39, 0.29) is 16.8 Å². The molecule has 0 aliphatic carbocycles. The van der Waals surface area contributed by atoms with E-state index < -0.39 is 9.84 Å². The highest BCUT2D eigenvalue weighted by Gasteiger charge is 2.22. The number of sulfone groups is 1. The number of nitrogens with zero attached hydrogens (tertiary/aromatic N) is 2. The first kappa shape index (κ1) is 19.2. The zero-order chi connectivity index (χ0) is 18.4. The van der Waals surface area contributed by atoms with Gasteiger partial charge < -0.3 is 15.1 Å². The second-order valence-electron chi connectivity index (χ2n) is 6.16. The Morgan fingerprint density at radius 2 is 1.64 bits per heavy atom. The van der Waals surface area contributed by atoms with Gasteiger partial charge in [0.05, 0.1) is 4.90 Å². The van der Waals surface area contributed by atoms with E-state index in [9.17, 15) is 18.0 Å². The first-order valence-corrected chi connectivity index (χ1v) is 10.3. The van der Waals surface area contributed by atoms with Crippen LogP contribution < -0.4 is 5.32 Å². The molecule has 1 heterocycles. The van der Waals surface area contributed by atoms with Crippen LogP contribution in [0.15, 0.2) is 29.2 Å². The molecule has 138 valence electrons. The second-order valence-corrected chi connectivity index (χ2v) is 8.18. The van der Waals surface area contributed by atoms with Crippen LogP contribution in [0, 0.1) is 0 Å². The maximum Gasteiger partial charge on any atom is 0.317 e. The molecule has 0 saturated carbocycles. The summed E-state index contributed by atoms with van der Waals surface area (Å²) in [5.41, 5.74) is 0.455. The highest BCUT2D eigenvalue weighted by molar-refractivity contribution is 7.90. The molecule has 0 radical (unpaired) electrons. The van der Waals surface area contributed by atoms with Crippen molar-refractivity contribution in [1.29, 1.82) is 0 Å². The summed E-state index contributed by atoms with van der Waals surface area (Å²) >= 11 is 0. The topological polar surface area (TPSA) is 86.8 Å². The number of hydrogen-bond acceptors (Lipinski definition) is 4. The minimum Gasteiger partial charge on any atom is -0.338 e. The minimum atomic E-state index is -3.28. The molecule has 0 aromatic heterocycles. The van der Waals surface area contributed by atoms with E-state index in [0.717, 1.165) is 12.7 Å². The molecule has 1 saturated heterocycles. The molecule has 3 amide bonds. The molecule has 7 nitrogen and oxygen atoms in total. The van der Waals surface area contributed by atoms with Crippen LogP contribution in [0.2, 0.25) is 0 Å². The molecule has 0 unspecified atom stereocenters. The van der Waals surface area contributed by atoms with Crippen LogP contribution in [-0.4, -0.2) is 69.1 Å². The number of urea groups is 1. The molecule has 1 fully saturated rings. The molecular weight excluding hydrogens is 342 g/mol. The van der Waals surface area contributed by atoms with Gasteiger partial charge in [0.1, 0.15) is 0 Å². The summed E-state index contributed by atoms with van der Waals surface area (Å²) in [6.45, 7) is 4.79. The van der Waals surface area contributed by atoms with Crippen molar-refractivity contribution in [1.82, 2.24) is 15.1 Å². The molecule has 0 spiro atoms. The van der Waals surface area contributed by atoms with Crippen molar-refractivity contribution in [2.24, 2.45) is 0 Å². The summed E-state index contributed by atoms with van der Waals surface area (Å²) in [5.74, 6) is -0.143. The lowest BCUT2D eigenvalue weighted by molar-refractivity contribution is 0.0762. The van der Waals surface area contributed by atoms with Gasteiger partial charge in [-0.15, -0.1) is 0 Å². The fourth-order valence-corrected chi connectivity index (χ4v) is 3.33. The number of benzene rings is 1. The summed E-state index contributed by atoms with van der Waals surface area (Å²) in [5, 5.41) is 2.85. The van der Waals surface area contributed by atoms with Gasteiger partial charge in [0.2, 0.25) is 0 Å². The van der Waals surface area contributed by atoms with E-state index in [2.05, 4.69) is 5.32 Å². The Morgan fingerprint density at radius 3 is 2.24 bits per heavy atom. The van der Waals surface area contributed by atoms with Gasteiger partial charge in [-0.2, -0.15) is 0 Å². The quantitative estimate of drug-likeness (QED) is 0.870. The third-order valence-electron chi connectivity index (χ3n) is 4.13. The van der Waals surface area contributed by atoms with E-state index >= 15 is 0 Å². The van der Waals surface area contributed by atoms with Gasteiger partial charge in [-0.1, -0.05) is 6.92 Å². The zero-order valence-corrected chi connectivity index (χ0v) is 15.5. The van der Waals surface area contributed by atoms with Crippen molar-refractivity contribution in [3.63, 3.8) is 0 Å². The standard InChI is InChI=1S/C17H25N3O4S/c1-3-9-18-17(22)20-11-4-10-19(12-13-20)16(21)14-5-7-15(8-6-14)25(2,23)24/h5-8H,3-4,9-13H2,1-2H3,(H,18,22). The largest absolute Gasteiger partial charge is 0.338 e. The SMILES string of the molecule is CCCNC(=O)N1CCCN(C(=O)c2ccc(S(C)(=O)=O)cc2)CC1. The lowest BCUT2D eigenvalue weighted by Gasteiger charge is -2.22. The summed E-state index contributed by atoms with van der Waals surface area (Å²) in [4.78, 5) is 28.3. The predicted octanol–water partition coefficient (Wildman–Crippen LogP) is 1.36. The van der Waals surface area contributed by atoms with Crippen LogP contribution in [0.3, 0.4) is 0 Å².